The van der Waals surface area contributed by atoms with E-state index < -0.39 is 0 Å². The lowest BCUT2D eigenvalue weighted by molar-refractivity contribution is 0.923. The number of hydrogen-bond acceptors (Lipinski definition) is 4. The number of nitrogens with zero attached hydrogens (tertiary/aromatic N) is 6. The lowest BCUT2D eigenvalue weighted by Gasteiger charge is -2.07. The Kier molecular flexibility index (Phi) is 2.53. The van der Waals surface area contributed by atoms with Crippen molar-refractivity contribution < 1.29 is 0 Å². The number of pyridine rings is 1. The maximum atomic E-state index is 4.32. The molecule has 0 aliphatic heterocycles. The Morgan fingerprint density at radius 3 is 2.62 bits per heavy atom. The van der Waals surface area contributed by atoms with E-state index in [-0.39, 0.29) is 0 Å². The summed E-state index contributed by atoms with van der Waals surface area (Å²) in [6.07, 6.45) is 5.36. The zero-order valence-corrected chi connectivity index (χ0v) is 11.4. The van der Waals surface area contributed by atoms with Crippen molar-refractivity contribution in [3.05, 3.63) is 60.7 Å². The lowest BCUT2D eigenvalue weighted by atomic mass is 10.3. The van der Waals surface area contributed by atoms with Gasteiger partial charge < -0.3 is 0 Å². The van der Waals surface area contributed by atoms with E-state index in [4.69, 9.17) is 0 Å². The summed E-state index contributed by atoms with van der Waals surface area (Å²) in [6, 6.07) is 11.7. The topological polar surface area (TPSA) is 60.9 Å². The van der Waals surface area contributed by atoms with Gasteiger partial charge >= 0.3 is 0 Å². The van der Waals surface area contributed by atoms with Crippen molar-refractivity contribution in [1.82, 2.24) is 29.1 Å². The summed E-state index contributed by atoms with van der Waals surface area (Å²) in [6.45, 7) is 2.03. The van der Waals surface area contributed by atoms with Crippen LogP contribution in [-0.2, 0) is 0 Å². The molecule has 0 radical (unpaired) electrons. The van der Waals surface area contributed by atoms with Gasteiger partial charge in [0.05, 0.1) is 5.69 Å². The van der Waals surface area contributed by atoms with Crippen LogP contribution in [0, 0.1) is 6.92 Å². The summed E-state index contributed by atoms with van der Waals surface area (Å²) < 4.78 is 3.93. The van der Waals surface area contributed by atoms with Gasteiger partial charge in [0.2, 0.25) is 5.95 Å². The summed E-state index contributed by atoms with van der Waals surface area (Å²) in [4.78, 5) is 8.58. The highest BCUT2D eigenvalue weighted by atomic mass is 15.3. The highest BCUT2D eigenvalue weighted by Crippen LogP contribution is 2.22. The van der Waals surface area contributed by atoms with Crippen LogP contribution in [0.4, 0.5) is 0 Å². The summed E-state index contributed by atoms with van der Waals surface area (Å²) in [5.74, 6) is 1.39. The first-order valence-corrected chi connectivity index (χ1v) is 6.60. The van der Waals surface area contributed by atoms with Crippen molar-refractivity contribution in [2.24, 2.45) is 0 Å². The van der Waals surface area contributed by atoms with Gasteiger partial charge in [-0.2, -0.15) is 0 Å². The van der Waals surface area contributed by atoms with Gasteiger partial charge in [-0.1, -0.05) is 6.07 Å². The van der Waals surface area contributed by atoms with Crippen molar-refractivity contribution in [1.29, 1.82) is 0 Å². The minimum Gasteiger partial charge on any atom is -0.282 e. The Hall–Kier alpha value is -3.02. The first-order valence-electron chi connectivity index (χ1n) is 6.60. The second-order valence-corrected chi connectivity index (χ2v) is 4.70. The van der Waals surface area contributed by atoms with Crippen LogP contribution in [0.25, 0.3) is 23.1 Å². The largest absolute Gasteiger partial charge is 0.282 e. The quantitative estimate of drug-likeness (QED) is 0.563. The van der Waals surface area contributed by atoms with Gasteiger partial charge in [0.1, 0.15) is 0 Å². The zero-order valence-electron chi connectivity index (χ0n) is 11.4. The van der Waals surface area contributed by atoms with Crippen LogP contribution < -0.4 is 0 Å². The van der Waals surface area contributed by atoms with Crippen molar-refractivity contribution in [2.75, 3.05) is 0 Å². The molecular weight excluding hydrogens is 264 g/mol. The van der Waals surface area contributed by atoms with E-state index in [1.165, 1.54) is 0 Å². The van der Waals surface area contributed by atoms with Gasteiger partial charge in [0.25, 0.3) is 0 Å². The van der Waals surface area contributed by atoms with E-state index in [1.807, 2.05) is 52.4 Å². The van der Waals surface area contributed by atoms with Gasteiger partial charge in [-0.3, -0.25) is 8.97 Å². The molecular formula is C15H12N6. The van der Waals surface area contributed by atoms with Crippen LogP contribution in [0.5, 0.6) is 0 Å². The second kappa shape index (κ2) is 4.52. The minimum atomic E-state index is 0.614. The van der Waals surface area contributed by atoms with Gasteiger partial charge in [-0.05, 0) is 37.3 Å². The van der Waals surface area contributed by atoms with Crippen molar-refractivity contribution in [2.45, 2.75) is 6.92 Å². The highest BCUT2D eigenvalue weighted by Gasteiger charge is 2.14. The summed E-state index contributed by atoms with van der Waals surface area (Å²) >= 11 is 0. The van der Waals surface area contributed by atoms with E-state index in [0.29, 0.717) is 5.95 Å². The number of fused-ring (bicyclic) bond motifs is 1. The number of aryl methyl sites for hydroxylation is 1. The molecule has 21 heavy (non-hydrogen) atoms. The van der Waals surface area contributed by atoms with E-state index in [2.05, 4.69) is 20.2 Å². The summed E-state index contributed by atoms with van der Waals surface area (Å²) in [7, 11) is 0. The van der Waals surface area contributed by atoms with Crippen molar-refractivity contribution in [3.8, 4) is 17.5 Å². The molecule has 0 saturated heterocycles. The lowest BCUT2D eigenvalue weighted by Crippen LogP contribution is -2.03. The molecule has 6 heteroatoms. The fourth-order valence-corrected chi connectivity index (χ4v) is 2.42. The average Bonchev–Trinajstić information content (AvgIpc) is 3.15. The predicted molar refractivity (Wildman–Crippen MR) is 78.1 cm³/mol. The third-order valence-corrected chi connectivity index (χ3v) is 3.37. The standard InChI is InChI=1S/C15H12N6/c1-11-5-2-7-13-18-19-14(21(11)13)12-6-3-10-20(12)15-16-8-4-9-17-15/h2-10H,1H3. The first kappa shape index (κ1) is 11.8. The van der Waals surface area contributed by atoms with Gasteiger partial charge in [0.15, 0.2) is 11.5 Å². The van der Waals surface area contributed by atoms with E-state index in [1.54, 1.807) is 18.5 Å². The van der Waals surface area contributed by atoms with Gasteiger partial charge in [0, 0.05) is 24.3 Å². The van der Waals surface area contributed by atoms with Crippen LogP contribution in [0.3, 0.4) is 0 Å². The van der Waals surface area contributed by atoms with Crippen LogP contribution in [0.1, 0.15) is 5.69 Å². The number of aromatic nitrogens is 6. The summed E-state index contributed by atoms with van der Waals surface area (Å²) in [5, 5.41) is 8.55. The molecule has 0 saturated carbocycles. The molecule has 0 spiro atoms. The van der Waals surface area contributed by atoms with Crippen LogP contribution in [0.15, 0.2) is 55.0 Å². The normalized spacial score (nSPS) is 11.1. The Bertz CT molecular complexity index is 906. The zero-order chi connectivity index (χ0) is 14.2. The third kappa shape index (κ3) is 1.80. The van der Waals surface area contributed by atoms with Crippen LogP contribution >= 0.6 is 0 Å². The number of hydrogen-bond donors (Lipinski definition) is 0. The smallest absolute Gasteiger partial charge is 0.234 e. The molecule has 0 bridgehead atoms. The maximum absolute atomic E-state index is 4.32. The van der Waals surface area contributed by atoms with E-state index >= 15 is 0 Å². The van der Waals surface area contributed by atoms with Crippen LogP contribution in [-0.4, -0.2) is 29.1 Å². The molecule has 0 aromatic carbocycles. The molecule has 0 atom stereocenters. The summed E-state index contributed by atoms with van der Waals surface area (Å²) in [5.41, 5.74) is 2.81. The molecule has 0 amide bonds. The number of rotatable bonds is 2. The predicted octanol–water partition coefficient (Wildman–Crippen LogP) is 2.29. The van der Waals surface area contributed by atoms with Crippen LogP contribution in [0.2, 0.25) is 0 Å². The molecule has 4 aromatic heterocycles. The average molecular weight is 276 g/mol. The molecule has 6 nitrogen and oxygen atoms in total. The third-order valence-electron chi connectivity index (χ3n) is 3.37. The van der Waals surface area contributed by atoms with Crippen molar-refractivity contribution >= 4 is 5.65 Å². The van der Waals surface area contributed by atoms with Crippen molar-refractivity contribution in [3.63, 3.8) is 0 Å². The van der Waals surface area contributed by atoms with Gasteiger partial charge in [-0.25, -0.2) is 9.97 Å². The molecule has 0 aliphatic rings. The molecule has 0 unspecified atom stereocenters. The van der Waals surface area contributed by atoms with Gasteiger partial charge in [-0.15, -0.1) is 10.2 Å². The van der Waals surface area contributed by atoms with E-state index in [9.17, 15) is 0 Å². The highest BCUT2D eigenvalue weighted by molar-refractivity contribution is 5.59. The maximum Gasteiger partial charge on any atom is 0.234 e. The Balaban J connectivity index is 1.97. The first-order chi connectivity index (χ1) is 10.3. The molecule has 4 heterocycles. The molecule has 102 valence electrons. The fourth-order valence-electron chi connectivity index (χ4n) is 2.42. The molecule has 4 aromatic rings. The molecule has 0 N–H and O–H groups in total. The Morgan fingerprint density at radius 2 is 1.76 bits per heavy atom. The fraction of sp³-hybridized carbons (Fsp3) is 0.0667. The Labute approximate surface area is 120 Å². The second-order valence-electron chi connectivity index (χ2n) is 4.70. The molecule has 4 rings (SSSR count). The monoisotopic (exact) mass is 276 g/mol. The molecule has 0 fully saturated rings. The molecule has 0 aliphatic carbocycles. The minimum absolute atomic E-state index is 0.614. The SMILES string of the molecule is Cc1cccc2nnc(-c3cccn3-c3ncccn3)n12. The van der Waals surface area contributed by atoms with E-state index in [0.717, 1.165) is 22.9 Å². The Morgan fingerprint density at radius 1 is 0.905 bits per heavy atom.